The molecule has 40 heteroatoms. The zero-order valence-electron chi connectivity index (χ0n) is 32.4. The number of aromatic amines is 1. The molecule has 0 saturated carbocycles. The second kappa shape index (κ2) is 20.8. The van der Waals surface area contributed by atoms with Gasteiger partial charge in [-0.15, -0.1) is 5.73 Å². The summed E-state index contributed by atoms with van der Waals surface area (Å²) >= 11 is 0. The van der Waals surface area contributed by atoms with Crippen molar-refractivity contribution in [3.05, 3.63) is 76.2 Å². The lowest BCUT2D eigenvalue weighted by molar-refractivity contribution is -0.207. The number of alkyl halides is 3. The number of aliphatic hydroxyl groups excluding tert-OH is 2. The van der Waals surface area contributed by atoms with E-state index in [2.05, 4.69) is 44.8 Å². The van der Waals surface area contributed by atoms with Crippen LogP contribution in [0, 0.1) is 0 Å². The number of H-pyrrole nitrogens is 1. The lowest BCUT2D eigenvalue weighted by Crippen LogP contribution is -2.56. The second-order valence-corrected chi connectivity index (χ2v) is 22.5. The molecule has 3 aliphatic rings. The van der Waals surface area contributed by atoms with Crippen molar-refractivity contribution in [1.82, 2.24) is 19.8 Å². The van der Waals surface area contributed by atoms with Gasteiger partial charge in [-0.3, -0.25) is 32.8 Å². The number of carbonyl (C=O) groups excluding carboxylic acids is 1. The molecule has 3 aliphatic heterocycles. The Labute approximate surface area is 367 Å². The van der Waals surface area contributed by atoms with Crippen LogP contribution in [0.2, 0.25) is 0 Å². The van der Waals surface area contributed by atoms with Crippen molar-refractivity contribution in [1.29, 1.82) is 0 Å². The van der Waals surface area contributed by atoms with Crippen LogP contribution in [0.15, 0.2) is 64.9 Å². The van der Waals surface area contributed by atoms with Gasteiger partial charge in [0.05, 0.1) is 0 Å². The van der Waals surface area contributed by atoms with Crippen molar-refractivity contribution >= 4 is 52.6 Å². The Morgan fingerprint density at radius 3 is 1.76 bits per heavy atom. The van der Waals surface area contributed by atoms with E-state index in [9.17, 15) is 71.8 Å². The van der Waals surface area contributed by atoms with Crippen molar-refractivity contribution < 1.29 is 131 Å². The summed E-state index contributed by atoms with van der Waals surface area (Å²) in [7, 11) is -33.4. The number of aliphatic hydroxyl groups is 3. The molecule has 0 bridgehead atoms. The molecule has 0 spiro atoms. The maximum Gasteiger partial charge on any atom is 0.490 e. The Balaban J connectivity index is 0.000000447. The van der Waals surface area contributed by atoms with Crippen molar-refractivity contribution in [2.24, 2.45) is 0 Å². The molecule has 2 fully saturated rings. The molecule has 0 aliphatic carbocycles. The number of nitrogens with one attached hydrogen (secondary N) is 2. The van der Waals surface area contributed by atoms with Gasteiger partial charge in [0.15, 0.2) is 18.6 Å². The van der Waals surface area contributed by atoms with E-state index >= 15 is 13.2 Å². The maximum absolute atomic E-state index is 15.5. The Kier molecular flexibility index (Phi) is 18.7. The fourth-order valence-electron chi connectivity index (χ4n) is 5.46. The molecular formula is C26H41F3N4O27P6. The average Bonchev–Trinajstić information content (AvgIpc) is 3.43. The normalized spacial score (nSPS) is 33.3. The van der Waals surface area contributed by atoms with Crippen molar-refractivity contribution in [3.8, 4) is 0 Å². The van der Waals surface area contributed by atoms with E-state index in [-0.39, 0.29) is 19.7 Å². The van der Waals surface area contributed by atoms with Gasteiger partial charge < -0.3 is 69.3 Å². The zero-order valence-corrected chi connectivity index (χ0v) is 37.7. The number of carbonyl (C=O) groups is 1. The van der Waals surface area contributed by atoms with E-state index in [4.69, 9.17) is 29.0 Å². The van der Waals surface area contributed by atoms with E-state index in [1.807, 2.05) is 5.73 Å². The molecule has 378 valence electrons. The summed E-state index contributed by atoms with van der Waals surface area (Å²) < 4.78 is 147. The number of phosphoric acid groups is 5. The number of hydrogen-bond acceptors (Lipinski definition) is 21. The van der Waals surface area contributed by atoms with Gasteiger partial charge >= 0.3 is 52.4 Å². The SMILES string of the molecule is C.C=C1NC(=O)C=CN1[C@@H]1O[C@](F)(COP(=O)(O)OP(=O)(O)OP(=O)(O)O)[C@@H](O)[C@]1(O)CC.C=C=C[C@]1(F)[C@H](n2ccc(=O)[nH]c2=O)O[C@](F)(COP(=O)(O)OP(=O)(O)OP(C)(=O)O)[C@H]1O. The molecule has 1 amide bonds. The van der Waals surface area contributed by atoms with Crippen molar-refractivity contribution in [2.75, 3.05) is 19.9 Å². The van der Waals surface area contributed by atoms with Gasteiger partial charge in [0.1, 0.15) is 30.7 Å². The summed E-state index contributed by atoms with van der Waals surface area (Å²) in [5.41, 5.74) is -5.95. The Morgan fingerprint density at radius 2 is 1.32 bits per heavy atom. The number of phosphoric ester groups is 2. The van der Waals surface area contributed by atoms with Gasteiger partial charge in [0, 0.05) is 37.3 Å². The van der Waals surface area contributed by atoms with Crippen LogP contribution < -0.4 is 16.6 Å². The first kappa shape index (κ1) is 59.5. The molecule has 12 N–H and O–H groups in total. The minimum Gasteiger partial charge on any atom is -0.384 e. The number of halogens is 3. The van der Waals surface area contributed by atoms with E-state index in [0.29, 0.717) is 23.5 Å². The highest BCUT2D eigenvalue weighted by molar-refractivity contribution is 7.68. The monoisotopic (exact) mass is 1080 g/mol. The molecule has 1 aromatic heterocycles. The van der Waals surface area contributed by atoms with E-state index < -0.39 is 125 Å². The van der Waals surface area contributed by atoms with Crippen molar-refractivity contribution in [3.63, 3.8) is 0 Å². The van der Waals surface area contributed by atoms with Crippen LogP contribution in [0.25, 0.3) is 0 Å². The predicted molar refractivity (Wildman–Crippen MR) is 207 cm³/mol. The third-order valence-corrected chi connectivity index (χ3v) is 16.0. The molecule has 2 saturated heterocycles. The number of amides is 1. The molecule has 31 nitrogen and oxygen atoms in total. The van der Waals surface area contributed by atoms with Crippen molar-refractivity contribution in [2.45, 2.75) is 68.4 Å². The molecule has 4 rings (SSSR count). The minimum atomic E-state index is -5.86. The minimum absolute atomic E-state index is 0. The van der Waals surface area contributed by atoms with Gasteiger partial charge in [0.25, 0.3) is 23.2 Å². The first-order chi connectivity index (χ1) is 29.2. The van der Waals surface area contributed by atoms with E-state index in [1.165, 1.54) is 6.92 Å². The highest BCUT2D eigenvalue weighted by Gasteiger charge is 2.68. The summed E-state index contributed by atoms with van der Waals surface area (Å²) in [6.45, 7) is 4.82. The van der Waals surface area contributed by atoms with E-state index in [1.54, 1.807) is 4.98 Å². The maximum atomic E-state index is 15.5. The van der Waals surface area contributed by atoms with Gasteiger partial charge in [-0.2, -0.15) is 12.9 Å². The Bertz CT molecular complexity index is 2510. The summed E-state index contributed by atoms with van der Waals surface area (Å²) in [5, 5.41) is 33.6. The zero-order chi connectivity index (χ0) is 50.2. The molecule has 4 heterocycles. The molecular weight excluding hydrogens is 1040 g/mol. The molecule has 0 aromatic carbocycles. The van der Waals surface area contributed by atoms with Crippen LogP contribution >= 0.6 is 46.7 Å². The molecule has 13 atom stereocenters. The topological polar surface area (TPSA) is 466 Å². The van der Waals surface area contributed by atoms with Crippen LogP contribution in [0.1, 0.15) is 27.0 Å². The second-order valence-electron chi connectivity index (χ2n) is 13.1. The van der Waals surface area contributed by atoms with E-state index in [0.717, 1.165) is 23.2 Å². The quantitative estimate of drug-likeness (QED) is 0.0686. The molecule has 5 unspecified atom stereocenters. The Hall–Kier alpha value is -2.60. The number of rotatable bonds is 18. The average molecular weight is 1080 g/mol. The van der Waals surface area contributed by atoms with Crippen LogP contribution in [-0.2, 0) is 67.9 Å². The molecule has 1 aromatic rings. The third kappa shape index (κ3) is 15.0. The smallest absolute Gasteiger partial charge is 0.384 e. The first-order valence-corrected chi connectivity index (χ1v) is 26.2. The summed E-state index contributed by atoms with van der Waals surface area (Å²) in [6, 6.07) is 0.742. The highest BCUT2D eigenvalue weighted by Crippen LogP contribution is 2.68. The Morgan fingerprint density at radius 1 is 0.833 bits per heavy atom. The van der Waals surface area contributed by atoms with Gasteiger partial charge in [-0.1, -0.05) is 27.5 Å². The predicted octanol–water partition coefficient (Wildman–Crippen LogP) is 0.114. The van der Waals surface area contributed by atoms with Crippen LogP contribution in [0.3, 0.4) is 0 Å². The lowest BCUT2D eigenvalue weighted by Gasteiger charge is -2.38. The number of hydrogen-bond donors (Lipinski definition) is 12. The summed E-state index contributed by atoms with van der Waals surface area (Å²) in [4.78, 5) is 100. The van der Waals surface area contributed by atoms with Crippen LogP contribution in [-0.4, -0.2) is 131 Å². The largest absolute Gasteiger partial charge is 0.490 e. The number of aromatic nitrogens is 2. The molecule has 66 heavy (non-hydrogen) atoms. The number of ether oxygens (including phenoxy) is 2. The third-order valence-electron chi connectivity index (χ3n) is 8.07. The summed E-state index contributed by atoms with van der Waals surface area (Å²) in [6.07, 6.45) is -6.60. The summed E-state index contributed by atoms with van der Waals surface area (Å²) in [5.74, 6) is -7.89. The highest BCUT2D eigenvalue weighted by atomic mass is 31.3. The fraction of sp³-hybridized carbons (Fsp3) is 0.538. The van der Waals surface area contributed by atoms with Crippen LogP contribution in [0.5, 0.6) is 0 Å². The molecule has 0 radical (unpaired) electrons. The standard InChI is InChI=1S/C13H17F2N2O13P3.C12H20FN2O14P3.CH4/c1-3-5-12(14)9(19)13(15,28-10(12)17-6-4-8(18)16-11(17)20)7-27-32(23,24)30-33(25,26)29-31(2,21)22;1-3-11(18)9(17)12(13,27-10(11)15-5-4-8(16)14-7(15)2)6-26-31(22,23)29-32(24,25)28-30(19,20)21;/h4-6,9-10,19H,1,7H2,2H3,(H,21,22)(H,23,24)(H,25,26)(H,16,18,20);4-5,9-10,17-18H,2-3,6H2,1H3,(H,14,16)(H,22,23)(H,24,25)(H2,19,20,21);1H4/t9-,10+,12+,13+;9-,10+,11+,12+;/m00./s1. The van der Waals surface area contributed by atoms with Gasteiger partial charge in [-0.05, 0) is 6.42 Å². The first-order valence-electron chi connectivity index (χ1n) is 16.7. The van der Waals surface area contributed by atoms with Gasteiger partial charge in [0.2, 0.25) is 5.67 Å². The fourth-order valence-corrected chi connectivity index (χ4v) is 12.0. The van der Waals surface area contributed by atoms with Crippen LogP contribution in [0.4, 0.5) is 13.2 Å². The number of nitrogens with zero attached hydrogens (tertiary/aromatic N) is 2. The van der Waals surface area contributed by atoms with Gasteiger partial charge in [-0.25, -0.2) is 45.1 Å². The lowest BCUT2D eigenvalue weighted by atomic mass is 9.90.